The van der Waals surface area contributed by atoms with Gasteiger partial charge in [-0.15, -0.1) is 0 Å². The number of amides is 1. The lowest BCUT2D eigenvalue weighted by Gasteiger charge is -2.33. The largest absolute Gasteiger partial charge is 0.497 e. The first-order valence-corrected chi connectivity index (χ1v) is 11.0. The van der Waals surface area contributed by atoms with E-state index in [0.29, 0.717) is 11.9 Å². The van der Waals surface area contributed by atoms with Crippen LogP contribution < -0.4 is 15.1 Å². The number of methoxy groups -OCH3 is 1. The minimum atomic E-state index is -0.462. The molecule has 0 unspecified atom stereocenters. The maximum Gasteiger partial charge on any atom is 0.247 e. The first-order chi connectivity index (χ1) is 15.1. The highest BCUT2D eigenvalue weighted by Crippen LogP contribution is 2.56. The third-order valence-electron chi connectivity index (χ3n) is 7.53. The fourth-order valence-corrected chi connectivity index (χ4v) is 6.19. The van der Waals surface area contributed by atoms with Gasteiger partial charge in [0, 0.05) is 46.9 Å². The second kappa shape index (κ2) is 6.69. The van der Waals surface area contributed by atoms with E-state index in [1.54, 1.807) is 13.2 Å². The van der Waals surface area contributed by atoms with Crippen LogP contribution in [-0.4, -0.2) is 41.5 Å². The van der Waals surface area contributed by atoms with Crippen LogP contribution in [0, 0.1) is 5.92 Å². The maximum absolute atomic E-state index is 13.8. The van der Waals surface area contributed by atoms with E-state index in [0.717, 1.165) is 48.5 Å². The molecule has 1 aromatic heterocycles. The molecule has 0 saturated carbocycles. The summed E-state index contributed by atoms with van der Waals surface area (Å²) in [5.41, 5.74) is 2.27. The lowest BCUT2D eigenvalue weighted by Crippen LogP contribution is -2.49. The summed E-state index contributed by atoms with van der Waals surface area (Å²) in [7, 11) is 1.64. The number of carbonyl (C=O) groups is 1. The van der Waals surface area contributed by atoms with Crippen LogP contribution in [0.15, 0.2) is 59.4 Å². The van der Waals surface area contributed by atoms with E-state index in [4.69, 9.17) is 4.74 Å². The first-order valence-electron chi connectivity index (χ1n) is 11.0. The van der Waals surface area contributed by atoms with Gasteiger partial charge in [-0.3, -0.25) is 14.5 Å². The Balaban J connectivity index is 1.38. The minimum absolute atomic E-state index is 0.0407. The van der Waals surface area contributed by atoms with E-state index in [-0.39, 0.29) is 23.3 Å². The highest BCUT2D eigenvalue weighted by molar-refractivity contribution is 6.04. The van der Waals surface area contributed by atoms with Crippen molar-refractivity contribution in [3.63, 3.8) is 0 Å². The number of fused-ring (bicyclic) bond motifs is 1. The molecule has 3 aromatic rings. The molecule has 31 heavy (non-hydrogen) atoms. The molecule has 6 nitrogen and oxygen atoms in total. The number of hydrogen-bond acceptors (Lipinski definition) is 4. The standard InChI is InChI=1S/C25H25N3O3/c1-31-18-7-4-6-17(13-18)27-15-16-12-22(28-11-5-10-25(16,28)24(27)30)21-14-23(29)19-8-2-3-9-20(19)26-21/h2-4,6-9,13-14,16,22H,5,10-12,15H2,1H3,(H,26,29)/t16-,22-,25-/m0/s1. The van der Waals surface area contributed by atoms with Gasteiger partial charge in [-0.1, -0.05) is 18.2 Å². The van der Waals surface area contributed by atoms with Crippen LogP contribution in [0.2, 0.25) is 0 Å². The molecule has 0 aliphatic carbocycles. The minimum Gasteiger partial charge on any atom is -0.497 e. The molecule has 2 aromatic carbocycles. The van der Waals surface area contributed by atoms with Gasteiger partial charge in [-0.25, -0.2) is 0 Å². The maximum atomic E-state index is 13.8. The molecular weight excluding hydrogens is 390 g/mol. The number of hydrogen-bond donors (Lipinski definition) is 1. The van der Waals surface area contributed by atoms with Crippen molar-refractivity contribution in [2.75, 3.05) is 25.1 Å². The average molecular weight is 415 g/mol. The average Bonchev–Trinajstić information content (AvgIpc) is 3.43. The Bertz CT molecular complexity index is 1250. The van der Waals surface area contributed by atoms with Gasteiger partial charge in [0.1, 0.15) is 11.3 Å². The third-order valence-corrected chi connectivity index (χ3v) is 7.53. The molecule has 1 amide bonds. The molecule has 6 rings (SSSR count). The smallest absolute Gasteiger partial charge is 0.247 e. The van der Waals surface area contributed by atoms with Gasteiger partial charge < -0.3 is 14.6 Å². The first kappa shape index (κ1) is 18.6. The highest BCUT2D eigenvalue weighted by atomic mass is 16.5. The third kappa shape index (κ3) is 2.54. The predicted octanol–water partition coefficient (Wildman–Crippen LogP) is 3.48. The van der Waals surface area contributed by atoms with Crippen LogP contribution in [0.3, 0.4) is 0 Å². The normalized spacial score (nSPS) is 27.6. The number of H-pyrrole nitrogens is 1. The van der Waals surface area contributed by atoms with E-state index < -0.39 is 5.54 Å². The van der Waals surface area contributed by atoms with Crippen molar-refractivity contribution in [2.24, 2.45) is 5.92 Å². The number of ether oxygens (including phenoxy) is 1. The monoisotopic (exact) mass is 415 g/mol. The topological polar surface area (TPSA) is 65.6 Å². The number of nitrogens with one attached hydrogen (secondary N) is 1. The van der Waals surface area contributed by atoms with Crippen molar-refractivity contribution in [2.45, 2.75) is 30.8 Å². The SMILES string of the molecule is COc1cccc(N2C[C@@H]3C[C@@H](c4cc(=O)c5ccccc5[nH]4)N4CCC[C@@]34C2=O)c1. The van der Waals surface area contributed by atoms with E-state index >= 15 is 0 Å². The Morgan fingerprint density at radius 3 is 2.84 bits per heavy atom. The fraction of sp³-hybridized carbons (Fsp3) is 0.360. The zero-order chi connectivity index (χ0) is 21.2. The van der Waals surface area contributed by atoms with Crippen molar-refractivity contribution < 1.29 is 9.53 Å². The van der Waals surface area contributed by atoms with Crippen molar-refractivity contribution in [1.82, 2.24) is 9.88 Å². The Kier molecular flexibility index (Phi) is 4.02. The van der Waals surface area contributed by atoms with Crippen LogP contribution in [0.5, 0.6) is 5.75 Å². The van der Waals surface area contributed by atoms with Gasteiger partial charge in [0.25, 0.3) is 0 Å². The Hall–Kier alpha value is -3.12. The van der Waals surface area contributed by atoms with E-state index in [2.05, 4.69) is 9.88 Å². The molecule has 0 bridgehead atoms. The number of aromatic amines is 1. The van der Waals surface area contributed by atoms with E-state index in [1.807, 2.05) is 53.4 Å². The van der Waals surface area contributed by atoms with Crippen LogP contribution in [-0.2, 0) is 4.79 Å². The summed E-state index contributed by atoms with van der Waals surface area (Å²) in [6, 6.07) is 17.2. The predicted molar refractivity (Wildman–Crippen MR) is 119 cm³/mol. The molecule has 1 spiro atoms. The van der Waals surface area contributed by atoms with Crippen LogP contribution in [0.25, 0.3) is 10.9 Å². The van der Waals surface area contributed by atoms with Gasteiger partial charge in [-0.05, 0) is 50.1 Å². The molecule has 3 saturated heterocycles. The molecule has 3 atom stereocenters. The molecule has 0 radical (unpaired) electrons. The number of pyridine rings is 1. The number of carbonyl (C=O) groups excluding carboxylic acids is 1. The summed E-state index contributed by atoms with van der Waals surface area (Å²) in [6.07, 6.45) is 2.76. The quantitative estimate of drug-likeness (QED) is 0.711. The summed E-state index contributed by atoms with van der Waals surface area (Å²) in [6.45, 7) is 1.59. The number of benzene rings is 2. The van der Waals surface area contributed by atoms with Crippen LogP contribution in [0.4, 0.5) is 5.69 Å². The lowest BCUT2D eigenvalue weighted by atomic mass is 9.85. The number of para-hydroxylation sites is 1. The van der Waals surface area contributed by atoms with Crippen molar-refractivity contribution >= 4 is 22.5 Å². The van der Waals surface area contributed by atoms with Gasteiger partial charge in [0.2, 0.25) is 5.91 Å². The summed E-state index contributed by atoms with van der Waals surface area (Å²) < 4.78 is 5.37. The second-order valence-electron chi connectivity index (χ2n) is 8.92. The molecule has 3 aliphatic heterocycles. The molecule has 1 N–H and O–H groups in total. The highest BCUT2D eigenvalue weighted by Gasteiger charge is 2.65. The summed E-state index contributed by atoms with van der Waals surface area (Å²) >= 11 is 0. The summed E-state index contributed by atoms with van der Waals surface area (Å²) in [4.78, 5) is 34.4. The molecule has 3 aliphatic rings. The summed E-state index contributed by atoms with van der Waals surface area (Å²) in [5.74, 6) is 1.19. The fourth-order valence-electron chi connectivity index (χ4n) is 6.19. The Morgan fingerprint density at radius 1 is 1.10 bits per heavy atom. The van der Waals surface area contributed by atoms with Gasteiger partial charge in [-0.2, -0.15) is 0 Å². The van der Waals surface area contributed by atoms with Crippen LogP contribution in [0.1, 0.15) is 31.0 Å². The molecular formula is C25H25N3O3. The van der Waals surface area contributed by atoms with E-state index in [1.165, 1.54) is 0 Å². The molecule has 3 fully saturated rings. The van der Waals surface area contributed by atoms with Gasteiger partial charge >= 0.3 is 0 Å². The number of anilines is 1. The van der Waals surface area contributed by atoms with Gasteiger partial charge in [0.05, 0.1) is 13.2 Å². The number of rotatable bonds is 3. The lowest BCUT2D eigenvalue weighted by molar-refractivity contribution is -0.126. The second-order valence-corrected chi connectivity index (χ2v) is 8.92. The van der Waals surface area contributed by atoms with E-state index in [9.17, 15) is 9.59 Å². The molecule has 4 heterocycles. The zero-order valence-corrected chi connectivity index (χ0v) is 17.5. The molecule has 6 heteroatoms. The Morgan fingerprint density at radius 2 is 1.97 bits per heavy atom. The molecule has 158 valence electrons. The zero-order valence-electron chi connectivity index (χ0n) is 17.5. The van der Waals surface area contributed by atoms with Crippen molar-refractivity contribution in [1.29, 1.82) is 0 Å². The van der Waals surface area contributed by atoms with Gasteiger partial charge in [0.15, 0.2) is 5.43 Å². The van der Waals surface area contributed by atoms with Crippen molar-refractivity contribution in [3.05, 3.63) is 70.5 Å². The van der Waals surface area contributed by atoms with Crippen LogP contribution >= 0.6 is 0 Å². The van der Waals surface area contributed by atoms with Crippen molar-refractivity contribution in [3.8, 4) is 5.75 Å². The number of aromatic nitrogens is 1. The number of nitrogens with zero attached hydrogens (tertiary/aromatic N) is 2. The summed E-state index contributed by atoms with van der Waals surface area (Å²) in [5, 5.41) is 0.709. The Labute approximate surface area is 180 Å².